The number of aliphatic hydroxyl groups is 2. The number of tetrazole rings is 1. The lowest BCUT2D eigenvalue weighted by atomic mass is 9.93. The summed E-state index contributed by atoms with van der Waals surface area (Å²) in [6.45, 7) is -0.473. The molecule has 0 spiro atoms. The number of carbonyl (C=O) groups is 1. The number of ether oxygens (including phenoxy) is 2. The maximum atomic E-state index is 12.5. The molecule has 0 unspecified atom stereocenters. The molecular weight excluding hydrogens is 498 g/mol. The van der Waals surface area contributed by atoms with E-state index < -0.39 is 36.6 Å². The molecule has 6 N–H and O–H groups in total. The van der Waals surface area contributed by atoms with Gasteiger partial charge in [-0.3, -0.25) is 4.57 Å². The van der Waals surface area contributed by atoms with Crippen LogP contribution in [0.3, 0.4) is 0 Å². The largest absolute Gasteiger partial charge is 0.479 e. The smallest absolute Gasteiger partial charge is 0.344 e. The number of hydrogen-bond donors (Lipinski definition) is 5. The molecule has 0 bridgehead atoms. The van der Waals surface area contributed by atoms with Crippen LogP contribution in [0, 0.1) is 0 Å². The number of rotatable bonds is 11. The molecular formula is C20H22ClN9O6. The predicted octanol–water partition coefficient (Wildman–Crippen LogP) is -0.319. The number of H-pyrrole nitrogens is 1. The molecule has 3 heterocycles. The number of anilines is 1. The van der Waals surface area contributed by atoms with Gasteiger partial charge in [-0.2, -0.15) is 9.97 Å². The number of aliphatic hydroxyl groups excluding tert-OH is 2. The van der Waals surface area contributed by atoms with Gasteiger partial charge in [-0.1, -0.05) is 30.3 Å². The number of aliphatic carboxylic acids is 1. The van der Waals surface area contributed by atoms with Gasteiger partial charge in [0.15, 0.2) is 23.5 Å². The van der Waals surface area contributed by atoms with Gasteiger partial charge in [-0.15, -0.1) is 5.10 Å². The van der Waals surface area contributed by atoms with Crippen molar-refractivity contribution in [3.05, 3.63) is 53.3 Å². The Morgan fingerprint density at radius 3 is 2.67 bits per heavy atom. The van der Waals surface area contributed by atoms with E-state index in [0.717, 1.165) is 4.57 Å². The molecule has 4 rings (SSSR count). The number of aromatic amines is 1. The zero-order chi connectivity index (χ0) is 25.9. The molecule has 15 nitrogen and oxygen atoms in total. The van der Waals surface area contributed by atoms with Crippen molar-refractivity contribution >= 4 is 34.6 Å². The third-order valence-electron chi connectivity index (χ3n) is 5.56. The summed E-state index contributed by atoms with van der Waals surface area (Å²) >= 11 is 5.86. The van der Waals surface area contributed by atoms with Crippen molar-refractivity contribution in [2.75, 3.05) is 19.5 Å². The summed E-state index contributed by atoms with van der Waals surface area (Å²) in [6, 6.07) is 8.72. The van der Waals surface area contributed by atoms with Crippen LogP contribution in [-0.4, -0.2) is 87.4 Å². The number of benzene rings is 1. The van der Waals surface area contributed by atoms with Gasteiger partial charge in [0.25, 0.3) is 0 Å². The molecule has 0 radical (unpaired) electrons. The number of aromatic nitrogens is 8. The zero-order valence-corrected chi connectivity index (χ0v) is 19.5. The van der Waals surface area contributed by atoms with E-state index in [1.165, 1.54) is 13.4 Å². The molecule has 190 valence electrons. The van der Waals surface area contributed by atoms with Crippen molar-refractivity contribution in [3.8, 4) is 0 Å². The maximum Gasteiger partial charge on any atom is 0.344 e. The Balaban J connectivity index is 1.60. The van der Waals surface area contributed by atoms with Crippen molar-refractivity contribution in [2.45, 2.75) is 30.5 Å². The van der Waals surface area contributed by atoms with E-state index in [-0.39, 0.29) is 34.5 Å². The summed E-state index contributed by atoms with van der Waals surface area (Å²) in [6.07, 6.45) is -3.43. The molecule has 3 aromatic heterocycles. The standard InChI is InChI=1S/C20H22ClN9O6/c1-35-11(13(31)16(32)30-9-23-12-14(22)24-19(21)25-15(12)30)8-36-20(18(33)34,17-26-28-29-27-17)7-10-5-3-2-4-6-10/h2-6,9,11,13,16,31-32H,7-8H2,1H3,(H,33,34)(H2,22,24,25)(H,26,27,28,29)/t11-,13-,16-,20+/m1/s1. The number of nitrogens with two attached hydrogens (primary N) is 1. The highest BCUT2D eigenvalue weighted by Crippen LogP contribution is 2.30. The molecule has 36 heavy (non-hydrogen) atoms. The van der Waals surface area contributed by atoms with Crippen LogP contribution in [0.2, 0.25) is 5.28 Å². The van der Waals surface area contributed by atoms with Crippen LogP contribution in [0.1, 0.15) is 17.6 Å². The van der Waals surface area contributed by atoms with Crippen molar-refractivity contribution in [3.63, 3.8) is 0 Å². The van der Waals surface area contributed by atoms with Crippen molar-refractivity contribution in [1.82, 2.24) is 40.1 Å². The van der Waals surface area contributed by atoms with E-state index in [1.807, 2.05) is 0 Å². The number of halogens is 1. The summed E-state index contributed by atoms with van der Waals surface area (Å²) in [5, 5.41) is 44.9. The number of methoxy groups -OCH3 is 1. The van der Waals surface area contributed by atoms with Crippen molar-refractivity contribution in [2.24, 2.45) is 0 Å². The molecule has 0 aliphatic heterocycles. The first-order chi connectivity index (χ1) is 17.3. The third-order valence-corrected chi connectivity index (χ3v) is 5.73. The van der Waals surface area contributed by atoms with E-state index in [9.17, 15) is 20.1 Å². The van der Waals surface area contributed by atoms with Crippen LogP contribution < -0.4 is 5.73 Å². The number of carboxylic acid groups (broad SMARTS) is 1. The summed E-state index contributed by atoms with van der Waals surface area (Å²) < 4.78 is 12.3. The van der Waals surface area contributed by atoms with E-state index in [2.05, 4.69) is 35.6 Å². The van der Waals surface area contributed by atoms with Crippen LogP contribution in [0.4, 0.5) is 5.82 Å². The molecule has 4 aromatic rings. The average molecular weight is 520 g/mol. The van der Waals surface area contributed by atoms with Crippen molar-refractivity contribution < 1.29 is 29.6 Å². The Kier molecular flexibility index (Phi) is 7.37. The molecule has 0 amide bonds. The van der Waals surface area contributed by atoms with Gasteiger partial charge in [-0.25, -0.2) is 14.9 Å². The topological polar surface area (TPSA) is 220 Å². The van der Waals surface area contributed by atoms with Crippen LogP contribution >= 0.6 is 11.6 Å². The summed E-state index contributed by atoms with van der Waals surface area (Å²) in [5.74, 6) is -1.55. The van der Waals surface area contributed by atoms with Gasteiger partial charge in [0, 0.05) is 13.5 Å². The molecule has 0 saturated carbocycles. The minimum atomic E-state index is -2.05. The second-order valence-corrected chi connectivity index (χ2v) is 8.07. The number of carboxylic acids is 1. The molecule has 1 aromatic carbocycles. The highest BCUT2D eigenvalue weighted by atomic mass is 35.5. The lowest BCUT2D eigenvalue weighted by molar-refractivity contribution is -0.184. The normalized spacial score (nSPS) is 15.9. The quantitative estimate of drug-likeness (QED) is 0.160. The van der Waals surface area contributed by atoms with Crippen LogP contribution in [0.25, 0.3) is 11.2 Å². The zero-order valence-electron chi connectivity index (χ0n) is 18.8. The van der Waals surface area contributed by atoms with Crippen LogP contribution in [0.5, 0.6) is 0 Å². The molecule has 0 aliphatic rings. The monoisotopic (exact) mass is 519 g/mol. The fraction of sp³-hybridized carbons (Fsp3) is 0.350. The number of nitrogens with zero attached hydrogens (tertiary/aromatic N) is 7. The highest BCUT2D eigenvalue weighted by molar-refractivity contribution is 6.28. The van der Waals surface area contributed by atoms with Gasteiger partial charge in [0.1, 0.15) is 17.7 Å². The first-order valence-electron chi connectivity index (χ1n) is 10.5. The highest BCUT2D eigenvalue weighted by Gasteiger charge is 2.47. The van der Waals surface area contributed by atoms with Gasteiger partial charge in [-0.05, 0) is 27.6 Å². The van der Waals surface area contributed by atoms with E-state index >= 15 is 0 Å². The van der Waals surface area contributed by atoms with Gasteiger partial charge < -0.3 is 30.5 Å². The molecule has 0 fully saturated rings. The first-order valence-corrected chi connectivity index (χ1v) is 10.8. The lowest BCUT2D eigenvalue weighted by Crippen LogP contribution is -2.47. The second-order valence-electron chi connectivity index (χ2n) is 7.74. The molecule has 0 saturated heterocycles. The van der Waals surface area contributed by atoms with Gasteiger partial charge >= 0.3 is 5.97 Å². The van der Waals surface area contributed by atoms with E-state index in [4.69, 9.17) is 26.8 Å². The fourth-order valence-electron chi connectivity index (χ4n) is 3.65. The summed E-state index contributed by atoms with van der Waals surface area (Å²) in [4.78, 5) is 24.3. The minimum Gasteiger partial charge on any atom is -0.479 e. The van der Waals surface area contributed by atoms with E-state index in [1.54, 1.807) is 30.3 Å². The average Bonchev–Trinajstić information content (AvgIpc) is 3.54. The number of nitrogen functional groups attached to an aromatic ring is 1. The molecule has 4 atom stereocenters. The summed E-state index contributed by atoms with van der Waals surface area (Å²) in [7, 11) is 1.27. The Morgan fingerprint density at radius 1 is 1.28 bits per heavy atom. The summed E-state index contributed by atoms with van der Waals surface area (Å²) in [5.41, 5.74) is 4.61. The third kappa shape index (κ3) is 4.82. The fourth-order valence-corrected chi connectivity index (χ4v) is 3.82. The minimum absolute atomic E-state index is 0.00937. The second kappa shape index (κ2) is 10.5. The molecule has 0 aliphatic carbocycles. The number of imidazole rings is 1. The van der Waals surface area contributed by atoms with Crippen LogP contribution in [0.15, 0.2) is 36.7 Å². The van der Waals surface area contributed by atoms with Gasteiger partial charge in [0.05, 0.1) is 12.9 Å². The predicted molar refractivity (Wildman–Crippen MR) is 122 cm³/mol. The Hall–Kier alpha value is -3.76. The Labute approximate surface area is 207 Å². The first kappa shape index (κ1) is 25.3. The SMILES string of the molecule is CO[C@H](CO[C@](Cc1ccccc1)(C(=O)O)c1nnn[nH]1)[C@@H](O)[C@@H](O)n1cnc2c(N)nc(Cl)nc21. The number of nitrogens with one attached hydrogen (secondary N) is 1. The van der Waals surface area contributed by atoms with Gasteiger partial charge in [0.2, 0.25) is 10.9 Å². The Bertz CT molecular complexity index is 1320. The lowest BCUT2D eigenvalue weighted by Gasteiger charge is -2.31. The molecule has 16 heteroatoms. The Morgan fingerprint density at radius 2 is 2.03 bits per heavy atom. The van der Waals surface area contributed by atoms with E-state index in [0.29, 0.717) is 5.56 Å². The number of fused-ring (bicyclic) bond motifs is 1. The van der Waals surface area contributed by atoms with Crippen molar-refractivity contribution in [1.29, 1.82) is 0 Å². The van der Waals surface area contributed by atoms with Crippen LogP contribution in [-0.2, 0) is 26.3 Å². The maximum absolute atomic E-state index is 12.5. The number of hydrogen-bond acceptors (Lipinski definition) is 12.